The number of hydrogen-bond donors (Lipinski definition) is 2. The number of nitrogens with one attached hydrogen (secondary N) is 1. The van der Waals surface area contributed by atoms with Crippen LogP contribution in [0.1, 0.15) is 22.8 Å². The summed E-state index contributed by atoms with van der Waals surface area (Å²) < 4.78 is 27.7. The molecule has 0 spiro atoms. The van der Waals surface area contributed by atoms with Gasteiger partial charge < -0.3 is 14.9 Å². The zero-order valence-electron chi connectivity index (χ0n) is 18.6. The number of anilines is 3. The average Bonchev–Trinajstić information content (AvgIpc) is 2.79. The standard InChI is InChI=1S/C25H27N3O4S/c1-18-7-6-8-21(15-18)28-14-13-27(17-19(28)2)24-12-11-20(16-23(24)25(29)30)26-33(31,32)22-9-4-3-5-10-22/h3-12,15-16,19,26H,13-14,17H2,1-2H3,(H,29,30). The van der Waals surface area contributed by atoms with Gasteiger partial charge in [0.25, 0.3) is 10.0 Å². The van der Waals surface area contributed by atoms with E-state index in [0.717, 1.165) is 12.2 Å². The quantitative estimate of drug-likeness (QED) is 0.567. The van der Waals surface area contributed by atoms with Gasteiger partial charge >= 0.3 is 5.97 Å². The number of carbonyl (C=O) groups is 1. The van der Waals surface area contributed by atoms with Crippen molar-refractivity contribution in [3.05, 3.63) is 83.9 Å². The summed E-state index contributed by atoms with van der Waals surface area (Å²) in [5.41, 5.74) is 3.22. The predicted molar refractivity (Wildman–Crippen MR) is 131 cm³/mol. The van der Waals surface area contributed by atoms with Gasteiger partial charge in [-0.05, 0) is 61.9 Å². The molecule has 1 atom stereocenters. The number of nitrogens with zero attached hydrogens (tertiary/aromatic N) is 2. The Kier molecular flexibility index (Phi) is 6.29. The van der Waals surface area contributed by atoms with Crippen molar-refractivity contribution in [3.8, 4) is 0 Å². The fourth-order valence-corrected chi connectivity index (χ4v) is 5.30. The fourth-order valence-electron chi connectivity index (χ4n) is 4.23. The van der Waals surface area contributed by atoms with Crippen LogP contribution in [0, 0.1) is 6.92 Å². The Morgan fingerprint density at radius 3 is 2.42 bits per heavy atom. The summed E-state index contributed by atoms with van der Waals surface area (Å²) in [6.07, 6.45) is 0. The highest BCUT2D eigenvalue weighted by atomic mass is 32.2. The molecular weight excluding hydrogens is 438 g/mol. The molecule has 172 valence electrons. The topological polar surface area (TPSA) is 90.0 Å². The van der Waals surface area contributed by atoms with Crippen LogP contribution in [0.25, 0.3) is 0 Å². The van der Waals surface area contributed by atoms with Crippen LogP contribution in [0.3, 0.4) is 0 Å². The van der Waals surface area contributed by atoms with E-state index in [1.54, 1.807) is 30.3 Å². The Labute approximate surface area is 194 Å². The minimum Gasteiger partial charge on any atom is -0.478 e. The molecule has 7 nitrogen and oxygen atoms in total. The first-order chi connectivity index (χ1) is 15.7. The summed E-state index contributed by atoms with van der Waals surface area (Å²) in [4.78, 5) is 16.5. The van der Waals surface area contributed by atoms with Crippen molar-refractivity contribution in [2.45, 2.75) is 24.8 Å². The molecule has 1 saturated heterocycles. The third kappa shape index (κ3) is 4.96. The van der Waals surface area contributed by atoms with Crippen LogP contribution in [0.15, 0.2) is 77.7 Å². The van der Waals surface area contributed by atoms with Crippen molar-refractivity contribution in [1.29, 1.82) is 0 Å². The number of hydrogen-bond acceptors (Lipinski definition) is 5. The van der Waals surface area contributed by atoms with E-state index in [2.05, 4.69) is 46.6 Å². The number of piperazine rings is 1. The predicted octanol–water partition coefficient (Wildman–Crippen LogP) is 4.21. The molecule has 1 aliphatic rings. The maximum absolute atomic E-state index is 12.6. The third-order valence-electron chi connectivity index (χ3n) is 5.83. The molecule has 2 N–H and O–H groups in total. The van der Waals surface area contributed by atoms with E-state index in [1.165, 1.54) is 23.8 Å². The third-order valence-corrected chi connectivity index (χ3v) is 7.23. The van der Waals surface area contributed by atoms with Gasteiger partial charge in [-0.2, -0.15) is 0 Å². The van der Waals surface area contributed by atoms with Gasteiger partial charge in [0.15, 0.2) is 0 Å². The number of rotatable bonds is 6. The highest BCUT2D eigenvalue weighted by Gasteiger charge is 2.27. The molecule has 0 amide bonds. The van der Waals surface area contributed by atoms with Crippen LogP contribution in [0.4, 0.5) is 17.1 Å². The SMILES string of the molecule is Cc1cccc(N2CCN(c3ccc(NS(=O)(=O)c4ccccc4)cc3C(=O)O)CC2C)c1. The normalized spacial score (nSPS) is 16.5. The van der Waals surface area contributed by atoms with E-state index in [1.807, 2.05) is 6.07 Å². The lowest BCUT2D eigenvalue weighted by Crippen LogP contribution is -2.52. The molecule has 0 radical (unpaired) electrons. The van der Waals surface area contributed by atoms with Crippen LogP contribution in [-0.2, 0) is 10.0 Å². The smallest absolute Gasteiger partial charge is 0.337 e. The molecule has 1 fully saturated rings. The van der Waals surface area contributed by atoms with Gasteiger partial charge in [-0.3, -0.25) is 4.72 Å². The monoisotopic (exact) mass is 465 g/mol. The molecule has 0 aliphatic carbocycles. The molecule has 1 aliphatic heterocycles. The highest BCUT2D eigenvalue weighted by molar-refractivity contribution is 7.92. The molecule has 0 saturated carbocycles. The molecule has 0 bridgehead atoms. The lowest BCUT2D eigenvalue weighted by molar-refractivity contribution is 0.0697. The molecule has 4 rings (SSSR count). The Bertz CT molecular complexity index is 1260. The summed E-state index contributed by atoms with van der Waals surface area (Å²) in [5.74, 6) is -1.10. The summed E-state index contributed by atoms with van der Waals surface area (Å²) >= 11 is 0. The molecule has 3 aromatic rings. The summed E-state index contributed by atoms with van der Waals surface area (Å²) in [5, 5.41) is 9.85. The molecule has 0 aromatic heterocycles. The lowest BCUT2D eigenvalue weighted by Gasteiger charge is -2.42. The zero-order valence-corrected chi connectivity index (χ0v) is 19.4. The number of carboxylic acids is 1. The second-order valence-electron chi connectivity index (χ2n) is 8.28. The molecule has 1 heterocycles. The first-order valence-corrected chi connectivity index (χ1v) is 12.3. The molecule has 33 heavy (non-hydrogen) atoms. The second kappa shape index (κ2) is 9.15. The summed E-state index contributed by atoms with van der Waals surface area (Å²) in [6, 6.07) is 21.2. The average molecular weight is 466 g/mol. The highest BCUT2D eigenvalue weighted by Crippen LogP contribution is 2.30. The van der Waals surface area contributed by atoms with E-state index >= 15 is 0 Å². The molecule has 3 aromatic carbocycles. The first kappa shape index (κ1) is 22.7. The molecule has 8 heteroatoms. The van der Waals surface area contributed by atoms with Gasteiger partial charge in [0.1, 0.15) is 0 Å². The van der Waals surface area contributed by atoms with E-state index in [9.17, 15) is 18.3 Å². The van der Waals surface area contributed by atoms with Crippen LogP contribution < -0.4 is 14.5 Å². The Hall–Kier alpha value is -3.52. The number of aryl methyl sites for hydroxylation is 1. The van der Waals surface area contributed by atoms with Crippen molar-refractivity contribution in [1.82, 2.24) is 0 Å². The van der Waals surface area contributed by atoms with E-state index in [-0.39, 0.29) is 22.2 Å². The van der Waals surface area contributed by atoms with Gasteiger partial charge in [0.05, 0.1) is 16.1 Å². The van der Waals surface area contributed by atoms with Gasteiger partial charge in [-0.15, -0.1) is 0 Å². The fraction of sp³-hybridized carbons (Fsp3) is 0.240. The Morgan fingerprint density at radius 2 is 1.76 bits per heavy atom. The van der Waals surface area contributed by atoms with E-state index in [0.29, 0.717) is 18.8 Å². The van der Waals surface area contributed by atoms with Gasteiger partial charge in [0.2, 0.25) is 0 Å². The maximum Gasteiger partial charge on any atom is 0.337 e. The maximum atomic E-state index is 12.6. The first-order valence-electron chi connectivity index (χ1n) is 10.8. The number of benzene rings is 3. The van der Waals surface area contributed by atoms with Crippen molar-refractivity contribution < 1.29 is 18.3 Å². The van der Waals surface area contributed by atoms with E-state index in [4.69, 9.17) is 0 Å². The van der Waals surface area contributed by atoms with Crippen LogP contribution in [0.2, 0.25) is 0 Å². The number of sulfonamides is 1. The molecule has 1 unspecified atom stereocenters. The van der Waals surface area contributed by atoms with Crippen LogP contribution in [0.5, 0.6) is 0 Å². The summed E-state index contributed by atoms with van der Waals surface area (Å²) in [6.45, 7) is 6.26. The second-order valence-corrected chi connectivity index (χ2v) is 9.97. The summed E-state index contributed by atoms with van der Waals surface area (Å²) in [7, 11) is -3.81. The Morgan fingerprint density at radius 1 is 1.00 bits per heavy atom. The number of carboxylic acid groups (broad SMARTS) is 1. The van der Waals surface area contributed by atoms with Crippen LogP contribution in [-0.4, -0.2) is 45.2 Å². The van der Waals surface area contributed by atoms with Gasteiger partial charge in [-0.1, -0.05) is 30.3 Å². The Balaban J connectivity index is 1.56. The minimum atomic E-state index is -3.81. The van der Waals surface area contributed by atoms with E-state index < -0.39 is 16.0 Å². The van der Waals surface area contributed by atoms with Gasteiger partial charge in [-0.25, -0.2) is 13.2 Å². The largest absolute Gasteiger partial charge is 0.478 e. The zero-order chi connectivity index (χ0) is 23.6. The van der Waals surface area contributed by atoms with Crippen molar-refractivity contribution in [2.24, 2.45) is 0 Å². The minimum absolute atomic E-state index is 0.0690. The number of aromatic carboxylic acids is 1. The van der Waals surface area contributed by atoms with Crippen molar-refractivity contribution >= 4 is 33.1 Å². The lowest BCUT2D eigenvalue weighted by atomic mass is 10.1. The van der Waals surface area contributed by atoms with Gasteiger partial charge in [0, 0.05) is 37.1 Å². The van der Waals surface area contributed by atoms with Crippen molar-refractivity contribution in [2.75, 3.05) is 34.2 Å². The molecular formula is C25H27N3O4S. The van der Waals surface area contributed by atoms with Crippen LogP contribution >= 0.6 is 0 Å². The van der Waals surface area contributed by atoms with Crippen molar-refractivity contribution in [3.63, 3.8) is 0 Å².